The molecule has 0 radical (unpaired) electrons. The fourth-order valence-corrected chi connectivity index (χ4v) is 1.31. The molecular formula is C8H16O. The average molecular weight is 128 g/mol. The van der Waals surface area contributed by atoms with Crippen LogP contribution < -0.4 is 0 Å². The number of rotatable bonds is 1. The van der Waals surface area contributed by atoms with Gasteiger partial charge in [0.2, 0.25) is 0 Å². The van der Waals surface area contributed by atoms with Crippen molar-refractivity contribution in [2.24, 2.45) is 11.8 Å². The van der Waals surface area contributed by atoms with Gasteiger partial charge in [0.1, 0.15) is 0 Å². The highest BCUT2D eigenvalue weighted by Gasteiger charge is 2.23. The van der Waals surface area contributed by atoms with Crippen molar-refractivity contribution in [1.82, 2.24) is 0 Å². The Hall–Kier alpha value is -0.0400. The van der Waals surface area contributed by atoms with Crippen LogP contribution in [0.3, 0.4) is 0 Å². The molecule has 1 fully saturated rings. The van der Waals surface area contributed by atoms with Crippen molar-refractivity contribution >= 4 is 0 Å². The van der Waals surface area contributed by atoms with E-state index in [0.717, 1.165) is 18.4 Å². The summed E-state index contributed by atoms with van der Waals surface area (Å²) in [6.45, 7) is 7.68. The first-order valence-electron chi connectivity index (χ1n) is 3.81. The van der Waals surface area contributed by atoms with E-state index in [1.54, 1.807) is 0 Å². The Morgan fingerprint density at radius 3 is 2.33 bits per heavy atom. The topological polar surface area (TPSA) is 9.23 Å². The van der Waals surface area contributed by atoms with Gasteiger partial charge in [-0.1, -0.05) is 13.8 Å². The molecule has 1 heteroatoms. The summed E-state index contributed by atoms with van der Waals surface area (Å²) in [5.41, 5.74) is 0. The molecule has 0 saturated carbocycles. The lowest BCUT2D eigenvalue weighted by Gasteiger charge is -2.10. The summed E-state index contributed by atoms with van der Waals surface area (Å²) in [5, 5.41) is 0. The lowest BCUT2D eigenvalue weighted by Crippen LogP contribution is -2.07. The fourth-order valence-electron chi connectivity index (χ4n) is 1.31. The Labute approximate surface area is 57.4 Å². The number of hydrogen-bond donors (Lipinski definition) is 0. The van der Waals surface area contributed by atoms with Crippen molar-refractivity contribution in [1.29, 1.82) is 0 Å². The van der Waals surface area contributed by atoms with E-state index in [4.69, 9.17) is 4.74 Å². The molecule has 2 unspecified atom stereocenters. The first-order valence-corrected chi connectivity index (χ1v) is 3.81. The van der Waals surface area contributed by atoms with Crippen LogP contribution in [0, 0.1) is 11.8 Å². The molecule has 0 amide bonds. The van der Waals surface area contributed by atoms with Crippen LogP contribution in [0.2, 0.25) is 0 Å². The summed E-state index contributed by atoms with van der Waals surface area (Å²) in [6.07, 6.45) is 1.77. The molecule has 54 valence electrons. The smallest absolute Gasteiger partial charge is 0.0550 e. The monoisotopic (exact) mass is 128 g/mol. The fraction of sp³-hybridized carbons (Fsp3) is 1.00. The molecule has 0 spiro atoms. The van der Waals surface area contributed by atoms with Crippen LogP contribution in [0.25, 0.3) is 0 Å². The molecular weight excluding hydrogens is 112 g/mol. The van der Waals surface area contributed by atoms with Crippen molar-refractivity contribution in [2.75, 3.05) is 6.61 Å². The van der Waals surface area contributed by atoms with Gasteiger partial charge >= 0.3 is 0 Å². The van der Waals surface area contributed by atoms with Crippen molar-refractivity contribution in [3.63, 3.8) is 0 Å². The second-order valence-corrected chi connectivity index (χ2v) is 3.38. The summed E-state index contributed by atoms with van der Waals surface area (Å²) in [7, 11) is 0. The SMILES string of the molecule is CC1CC(C(C)C)CO1. The third-order valence-corrected chi connectivity index (χ3v) is 2.17. The molecule has 0 aromatic carbocycles. The quantitative estimate of drug-likeness (QED) is 0.525. The van der Waals surface area contributed by atoms with Crippen LogP contribution in [0.15, 0.2) is 0 Å². The largest absolute Gasteiger partial charge is 0.378 e. The molecule has 1 heterocycles. The van der Waals surface area contributed by atoms with Crippen molar-refractivity contribution < 1.29 is 4.74 Å². The predicted molar refractivity (Wildman–Crippen MR) is 38.4 cm³/mol. The summed E-state index contributed by atoms with van der Waals surface area (Å²) < 4.78 is 5.43. The minimum absolute atomic E-state index is 0.511. The lowest BCUT2D eigenvalue weighted by atomic mass is 9.94. The van der Waals surface area contributed by atoms with E-state index in [1.165, 1.54) is 6.42 Å². The molecule has 1 rings (SSSR count). The van der Waals surface area contributed by atoms with E-state index in [2.05, 4.69) is 20.8 Å². The minimum Gasteiger partial charge on any atom is -0.378 e. The van der Waals surface area contributed by atoms with E-state index in [1.807, 2.05) is 0 Å². The molecule has 1 nitrogen and oxygen atoms in total. The zero-order chi connectivity index (χ0) is 6.85. The molecule has 0 N–H and O–H groups in total. The standard InChI is InChI=1S/C8H16O/c1-6(2)8-4-7(3)9-5-8/h6-8H,4-5H2,1-3H3. The van der Waals surface area contributed by atoms with Gasteiger partial charge in [-0.25, -0.2) is 0 Å². The van der Waals surface area contributed by atoms with Crippen molar-refractivity contribution in [3.05, 3.63) is 0 Å². The van der Waals surface area contributed by atoms with Gasteiger partial charge in [-0.15, -0.1) is 0 Å². The first-order chi connectivity index (χ1) is 4.20. The number of hydrogen-bond acceptors (Lipinski definition) is 1. The third kappa shape index (κ3) is 1.68. The highest BCUT2D eigenvalue weighted by molar-refractivity contribution is 4.72. The Morgan fingerprint density at radius 2 is 2.11 bits per heavy atom. The van der Waals surface area contributed by atoms with Gasteiger partial charge in [-0.05, 0) is 25.2 Å². The van der Waals surface area contributed by atoms with Crippen molar-refractivity contribution in [2.45, 2.75) is 33.3 Å². The van der Waals surface area contributed by atoms with Crippen LogP contribution in [-0.2, 0) is 4.74 Å². The van der Waals surface area contributed by atoms with Crippen LogP contribution in [0.5, 0.6) is 0 Å². The Kier molecular flexibility index (Phi) is 2.12. The molecule has 1 saturated heterocycles. The summed E-state index contributed by atoms with van der Waals surface area (Å²) >= 11 is 0. The molecule has 2 atom stereocenters. The van der Waals surface area contributed by atoms with Crippen LogP contribution in [-0.4, -0.2) is 12.7 Å². The molecule has 1 aliphatic rings. The van der Waals surface area contributed by atoms with Gasteiger partial charge < -0.3 is 4.74 Å². The third-order valence-electron chi connectivity index (χ3n) is 2.17. The highest BCUT2D eigenvalue weighted by atomic mass is 16.5. The molecule has 9 heavy (non-hydrogen) atoms. The molecule has 1 aliphatic heterocycles. The zero-order valence-corrected chi connectivity index (χ0v) is 6.55. The van der Waals surface area contributed by atoms with Gasteiger partial charge in [-0.3, -0.25) is 0 Å². The Bertz CT molecular complexity index is 88.6. The first kappa shape index (κ1) is 7.07. The van der Waals surface area contributed by atoms with Gasteiger partial charge in [0.25, 0.3) is 0 Å². The van der Waals surface area contributed by atoms with Crippen molar-refractivity contribution in [3.8, 4) is 0 Å². The Balaban J connectivity index is 2.30. The van der Waals surface area contributed by atoms with E-state index in [0.29, 0.717) is 6.10 Å². The highest BCUT2D eigenvalue weighted by Crippen LogP contribution is 2.25. The summed E-state index contributed by atoms with van der Waals surface area (Å²) in [5.74, 6) is 1.62. The minimum atomic E-state index is 0.511. The molecule has 0 aliphatic carbocycles. The summed E-state index contributed by atoms with van der Waals surface area (Å²) in [4.78, 5) is 0. The van der Waals surface area contributed by atoms with Crippen LogP contribution in [0.4, 0.5) is 0 Å². The van der Waals surface area contributed by atoms with E-state index in [9.17, 15) is 0 Å². The second kappa shape index (κ2) is 2.70. The Morgan fingerprint density at radius 1 is 1.44 bits per heavy atom. The van der Waals surface area contributed by atoms with E-state index >= 15 is 0 Å². The number of ether oxygens (including phenoxy) is 1. The van der Waals surface area contributed by atoms with Gasteiger partial charge in [0, 0.05) is 0 Å². The van der Waals surface area contributed by atoms with Gasteiger partial charge in [0.05, 0.1) is 12.7 Å². The second-order valence-electron chi connectivity index (χ2n) is 3.38. The molecule has 0 aromatic rings. The van der Waals surface area contributed by atoms with Crippen LogP contribution >= 0.6 is 0 Å². The normalized spacial score (nSPS) is 36.0. The average Bonchev–Trinajstić information content (AvgIpc) is 2.14. The maximum atomic E-state index is 5.43. The lowest BCUT2D eigenvalue weighted by molar-refractivity contribution is 0.116. The van der Waals surface area contributed by atoms with Gasteiger partial charge in [-0.2, -0.15) is 0 Å². The zero-order valence-electron chi connectivity index (χ0n) is 6.55. The molecule has 0 bridgehead atoms. The predicted octanol–water partition coefficient (Wildman–Crippen LogP) is 2.07. The van der Waals surface area contributed by atoms with Crippen LogP contribution in [0.1, 0.15) is 27.2 Å². The van der Waals surface area contributed by atoms with E-state index in [-0.39, 0.29) is 0 Å². The van der Waals surface area contributed by atoms with E-state index < -0.39 is 0 Å². The summed E-state index contributed by atoms with van der Waals surface area (Å²) in [6, 6.07) is 0. The molecule has 0 aromatic heterocycles. The maximum Gasteiger partial charge on any atom is 0.0550 e. The van der Waals surface area contributed by atoms with Gasteiger partial charge in [0.15, 0.2) is 0 Å². The maximum absolute atomic E-state index is 5.43.